The lowest BCUT2D eigenvalue weighted by Gasteiger charge is -2.31. The van der Waals surface area contributed by atoms with Crippen LogP contribution in [-0.2, 0) is 21.5 Å². The van der Waals surface area contributed by atoms with Gasteiger partial charge in [0.25, 0.3) is 10.2 Å². The molecule has 9 heteroatoms. The summed E-state index contributed by atoms with van der Waals surface area (Å²) in [7, 11) is -3.84. The number of carboxylic acid groups (broad SMARTS) is 1. The maximum Gasteiger partial charge on any atom is 0.322 e. The first-order valence-electron chi connectivity index (χ1n) is 6.26. The van der Waals surface area contributed by atoms with Crippen LogP contribution in [0.4, 0.5) is 0 Å². The molecule has 1 aliphatic rings. The quantitative estimate of drug-likeness (QED) is 0.775. The summed E-state index contributed by atoms with van der Waals surface area (Å²) in [5.74, 6) is -1.12. The molecular formula is C11H16N4O4S. The van der Waals surface area contributed by atoms with Gasteiger partial charge >= 0.3 is 5.97 Å². The van der Waals surface area contributed by atoms with Crippen molar-refractivity contribution in [3.63, 3.8) is 0 Å². The van der Waals surface area contributed by atoms with Gasteiger partial charge in [-0.05, 0) is 31.4 Å². The molecule has 0 spiro atoms. The minimum absolute atomic E-state index is 0.0149. The summed E-state index contributed by atoms with van der Waals surface area (Å²) in [6.07, 6.45) is 3.20. The first-order chi connectivity index (χ1) is 9.50. The maximum absolute atomic E-state index is 12.2. The SMILES string of the molecule is O=C(O)C1CCCCN1S(=O)(=O)NCc1cccnn1. The molecule has 0 bridgehead atoms. The van der Waals surface area contributed by atoms with Gasteiger partial charge in [-0.1, -0.05) is 0 Å². The van der Waals surface area contributed by atoms with E-state index in [0.717, 1.165) is 4.31 Å². The van der Waals surface area contributed by atoms with Gasteiger partial charge in [-0.25, -0.2) is 0 Å². The molecular weight excluding hydrogens is 284 g/mol. The molecule has 1 aromatic rings. The number of piperidine rings is 1. The summed E-state index contributed by atoms with van der Waals surface area (Å²) in [6, 6.07) is 2.29. The lowest BCUT2D eigenvalue weighted by atomic mass is 10.1. The molecule has 1 atom stereocenters. The largest absolute Gasteiger partial charge is 0.480 e. The number of aromatic nitrogens is 2. The molecule has 2 rings (SSSR count). The van der Waals surface area contributed by atoms with Gasteiger partial charge in [0.2, 0.25) is 0 Å². The third-order valence-corrected chi connectivity index (χ3v) is 4.67. The highest BCUT2D eigenvalue weighted by atomic mass is 32.2. The first kappa shape index (κ1) is 14.8. The van der Waals surface area contributed by atoms with Gasteiger partial charge in [0, 0.05) is 12.7 Å². The van der Waals surface area contributed by atoms with E-state index < -0.39 is 22.2 Å². The second-order valence-electron chi connectivity index (χ2n) is 4.50. The number of aliphatic carboxylic acids is 1. The average Bonchev–Trinajstić information content (AvgIpc) is 2.46. The number of hydrogen-bond acceptors (Lipinski definition) is 5. The van der Waals surface area contributed by atoms with Crippen LogP contribution in [0.2, 0.25) is 0 Å². The monoisotopic (exact) mass is 300 g/mol. The van der Waals surface area contributed by atoms with Gasteiger partial charge in [0.15, 0.2) is 0 Å². The van der Waals surface area contributed by atoms with E-state index in [4.69, 9.17) is 5.11 Å². The molecule has 0 aliphatic carbocycles. The fourth-order valence-electron chi connectivity index (χ4n) is 2.12. The molecule has 1 aliphatic heterocycles. The van der Waals surface area contributed by atoms with Crippen LogP contribution in [0.1, 0.15) is 25.0 Å². The second kappa shape index (κ2) is 6.25. The van der Waals surface area contributed by atoms with Gasteiger partial charge in [0.05, 0.1) is 12.2 Å². The van der Waals surface area contributed by atoms with Crippen molar-refractivity contribution in [3.05, 3.63) is 24.0 Å². The van der Waals surface area contributed by atoms with Crippen molar-refractivity contribution in [1.82, 2.24) is 19.2 Å². The van der Waals surface area contributed by atoms with Crippen molar-refractivity contribution in [1.29, 1.82) is 0 Å². The summed E-state index contributed by atoms with van der Waals surface area (Å²) in [6.45, 7) is 0.200. The summed E-state index contributed by atoms with van der Waals surface area (Å²) in [5, 5.41) is 16.5. The summed E-state index contributed by atoms with van der Waals surface area (Å²) in [5.41, 5.74) is 0.472. The molecule has 8 nitrogen and oxygen atoms in total. The van der Waals surface area contributed by atoms with Crippen molar-refractivity contribution < 1.29 is 18.3 Å². The van der Waals surface area contributed by atoms with Crippen LogP contribution in [0.25, 0.3) is 0 Å². The average molecular weight is 300 g/mol. The van der Waals surface area contributed by atoms with Crippen LogP contribution in [0.3, 0.4) is 0 Å². The molecule has 1 fully saturated rings. The standard InChI is InChI=1S/C11H16N4O4S/c16-11(17)10-5-1-2-7-15(10)20(18,19)13-8-9-4-3-6-12-14-9/h3-4,6,10,13H,1-2,5,7-8H2,(H,16,17). The molecule has 0 radical (unpaired) electrons. The number of carboxylic acids is 1. The predicted molar refractivity (Wildman–Crippen MR) is 69.8 cm³/mol. The lowest BCUT2D eigenvalue weighted by Crippen LogP contribution is -2.51. The molecule has 0 saturated carbocycles. The molecule has 0 amide bonds. The van der Waals surface area contributed by atoms with E-state index >= 15 is 0 Å². The number of rotatable bonds is 5. The van der Waals surface area contributed by atoms with Gasteiger partial charge in [0.1, 0.15) is 6.04 Å². The topological polar surface area (TPSA) is 112 Å². The van der Waals surface area contributed by atoms with Gasteiger partial charge in [-0.2, -0.15) is 27.6 Å². The van der Waals surface area contributed by atoms with Crippen LogP contribution < -0.4 is 4.72 Å². The Kier molecular flexibility index (Phi) is 4.63. The summed E-state index contributed by atoms with van der Waals surface area (Å²) in [4.78, 5) is 11.1. The van der Waals surface area contributed by atoms with Crippen molar-refractivity contribution in [2.75, 3.05) is 6.54 Å². The van der Waals surface area contributed by atoms with E-state index in [1.165, 1.54) is 6.20 Å². The van der Waals surface area contributed by atoms with Crippen LogP contribution in [0, 0.1) is 0 Å². The van der Waals surface area contributed by atoms with Gasteiger partial charge in [-0.3, -0.25) is 4.79 Å². The molecule has 1 saturated heterocycles. The highest BCUT2D eigenvalue weighted by molar-refractivity contribution is 7.87. The molecule has 1 aromatic heterocycles. The summed E-state index contributed by atoms with van der Waals surface area (Å²) < 4.78 is 27.7. The fourth-order valence-corrected chi connectivity index (χ4v) is 3.51. The number of nitrogens with zero attached hydrogens (tertiary/aromatic N) is 3. The van der Waals surface area contributed by atoms with Gasteiger partial charge < -0.3 is 5.11 Å². The van der Waals surface area contributed by atoms with E-state index in [1.54, 1.807) is 12.1 Å². The van der Waals surface area contributed by atoms with Crippen LogP contribution in [-0.4, -0.2) is 46.6 Å². The van der Waals surface area contributed by atoms with E-state index in [0.29, 0.717) is 25.0 Å². The molecule has 2 heterocycles. The van der Waals surface area contributed by atoms with Crippen LogP contribution in [0.5, 0.6) is 0 Å². The maximum atomic E-state index is 12.2. The van der Waals surface area contributed by atoms with Crippen molar-refractivity contribution in [2.45, 2.75) is 31.8 Å². The second-order valence-corrected chi connectivity index (χ2v) is 6.21. The van der Waals surface area contributed by atoms with E-state index in [9.17, 15) is 13.2 Å². The molecule has 1 unspecified atom stereocenters. The Morgan fingerprint density at radius 3 is 2.95 bits per heavy atom. The Morgan fingerprint density at radius 2 is 2.30 bits per heavy atom. The van der Waals surface area contributed by atoms with Gasteiger partial charge in [-0.15, -0.1) is 0 Å². The molecule has 20 heavy (non-hydrogen) atoms. The highest BCUT2D eigenvalue weighted by Crippen LogP contribution is 2.20. The number of nitrogens with one attached hydrogen (secondary N) is 1. The number of carbonyl (C=O) groups is 1. The van der Waals surface area contributed by atoms with Crippen LogP contribution >= 0.6 is 0 Å². The Hall–Kier alpha value is -1.58. The smallest absolute Gasteiger partial charge is 0.322 e. The zero-order chi connectivity index (χ0) is 14.6. The third-order valence-electron chi connectivity index (χ3n) is 3.11. The zero-order valence-corrected chi connectivity index (χ0v) is 11.6. The molecule has 110 valence electrons. The van der Waals surface area contributed by atoms with Crippen molar-refractivity contribution in [3.8, 4) is 0 Å². The van der Waals surface area contributed by atoms with E-state index in [2.05, 4.69) is 14.9 Å². The normalized spacial score (nSPS) is 20.7. The minimum Gasteiger partial charge on any atom is -0.480 e. The Balaban J connectivity index is 2.06. The van der Waals surface area contributed by atoms with Crippen molar-refractivity contribution in [2.24, 2.45) is 0 Å². The van der Waals surface area contributed by atoms with E-state index in [1.807, 2.05) is 0 Å². The van der Waals surface area contributed by atoms with E-state index in [-0.39, 0.29) is 13.1 Å². The zero-order valence-electron chi connectivity index (χ0n) is 10.8. The predicted octanol–water partition coefficient (Wildman–Crippen LogP) is -0.250. The Bertz CT molecular complexity index is 563. The van der Waals surface area contributed by atoms with Crippen molar-refractivity contribution >= 4 is 16.2 Å². The highest BCUT2D eigenvalue weighted by Gasteiger charge is 2.36. The molecule has 0 aromatic carbocycles. The Morgan fingerprint density at radius 1 is 1.50 bits per heavy atom. The first-order valence-corrected chi connectivity index (χ1v) is 7.70. The van der Waals surface area contributed by atoms with Crippen LogP contribution in [0.15, 0.2) is 18.3 Å². The third kappa shape index (κ3) is 3.50. The summed E-state index contributed by atoms with van der Waals surface area (Å²) >= 11 is 0. The minimum atomic E-state index is -3.84. The molecule has 2 N–H and O–H groups in total. The number of hydrogen-bond donors (Lipinski definition) is 2. The fraction of sp³-hybridized carbons (Fsp3) is 0.545. The lowest BCUT2D eigenvalue weighted by molar-refractivity contribution is -0.142. The Labute approximate surface area is 117 Å².